The van der Waals surface area contributed by atoms with Crippen LogP contribution in [0, 0.1) is 0 Å². The number of fused-ring (bicyclic) bond motifs is 1. The number of rotatable bonds is 5. The molecule has 160 valence electrons. The SMILES string of the molecule is Cl.Cl.NCCC(=O)Nc1ccc2nc(N3CCNCC3)nc(-c3ccccc3)c2c1. The van der Waals surface area contributed by atoms with Gasteiger partial charge in [0, 0.05) is 55.8 Å². The Balaban J connectivity index is 0.00000160. The molecular formula is C21H26Cl2N6O. The quantitative estimate of drug-likeness (QED) is 0.555. The largest absolute Gasteiger partial charge is 0.338 e. The average Bonchev–Trinajstić information content (AvgIpc) is 2.74. The number of aromatic nitrogens is 2. The van der Waals surface area contributed by atoms with Crippen LogP contribution < -0.4 is 21.3 Å². The maximum Gasteiger partial charge on any atom is 0.226 e. The second-order valence-corrected chi connectivity index (χ2v) is 6.79. The van der Waals surface area contributed by atoms with E-state index < -0.39 is 0 Å². The Labute approximate surface area is 188 Å². The molecule has 2 aromatic carbocycles. The Kier molecular flexibility index (Phi) is 8.80. The van der Waals surface area contributed by atoms with Crippen molar-refractivity contribution in [3.63, 3.8) is 0 Å². The van der Waals surface area contributed by atoms with Crippen LogP contribution in [0.5, 0.6) is 0 Å². The van der Waals surface area contributed by atoms with Crippen molar-refractivity contribution in [3.8, 4) is 11.3 Å². The summed E-state index contributed by atoms with van der Waals surface area (Å²) < 4.78 is 0. The zero-order valence-corrected chi connectivity index (χ0v) is 18.1. The van der Waals surface area contributed by atoms with E-state index in [1.165, 1.54) is 0 Å². The monoisotopic (exact) mass is 448 g/mol. The van der Waals surface area contributed by atoms with Crippen LogP contribution in [0.25, 0.3) is 22.2 Å². The van der Waals surface area contributed by atoms with Crippen molar-refractivity contribution >= 4 is 53.3 Å². The molecule has 9 heteroatoms. The number of nitrogens with zero attached hydrogens (tertiary/aromatic N) is 3. The van der Waals surface area contributed by atoms with Crippen molar-refractivity contribution < 1.29 is 4.79 Å². The lowest BCUT2D eigenvalue weighted by Gasteiger charge is -2.28. The number of piperazine rings is 1. The van der Waals surface area contributed by atoms with Gasteiger partial charge in [0.15, 0.2) is 0 Å². The minimum absolute atomic E-state index is 0. The smallest absolute Gasteiger partial charge is 0.226 e. The van der Waals surface area contributed by atoms with Gasteiger partial charge in [-0.15, -0.1) is 24.8 Å². The van der Waals surface area contributed by atoms with Gasteiger partial charge in [-0.3, -0.25) is 4.79 Å². The summed E-state index contributed by atoms with van der Waals surface area (Å²) in [6, 6.07) is 15.8. The Morgan fingerprint density at radius 3 is 2.50 bits per heavy atom. The summed E-state index contributed by atoms with van der Waals surface area (Å²) in [5, 5.41) is 7.17. The molecule has 0 bridgehead atoms. The van der Waals surface area contributed by atoms with Crippen LogP contribution in [-0.4, -0.2) is 48.6 Å². The molecule has 1 aliphatic rings. The number of amides is 1. The van der Waals surface area contributed by atoms with Crippen molar-refractivity contribution in [2.24, 2.45) is 5.73 Å². The van der Waals surface area contributed by atoms with E-state index in [0.717, 1.165) is 60.0 Å². The van der Waals surface area contributed by atoms with E-state index in [9.17, 15) is 4.79 Å². The number of carbonyl (C=O) groups is 1. The second kappa shape index (κ2) is 11.1. The summed E-state index contributed by atoms with van der Waals surface area (Å²) >= 11 is 0. The van der Waals surface area contributed by atoms with Crippen molar-refractivity contribution in [1.82, 2.24) is 15.3 Å². The van der Waals surface area contributed by atoms with Crippen molar-refractivity contribution in [2.45, 2.75) is 6.42 Å². The third-order valence-corrected chi connectivity index (χ3v) is 4.79. The van der Waals surface area contributed by atoms with E-state index in [1.54, 1.807) is 0 Å². The summed E-state index contributed by atoms with van der Waals surface area (Å²) in [6.45, 7) is 3.94. The molecule has 0 saturated carbocycles. The summed E-state index contributed by atoms with van der Waals surface area (Å²) in [4.78, 5) is 23.8. The molecule has 0 aliphatic carbocycles. The maximum absolute atomic E-state index is 11.9. The molecule has 0 atom stereocenters. The number of halogens is 2. The van der Waals surface area contributed by atoms with Crippen LogP contribution in [-0.2, 0) is 4.79 Å². The van der Waals surface area contributed by atoms with Crippen molar-refractivity contribution in [3.05, 3.63) is 48.5 Å². The van der Waals surface area contributed by atoms with Gasteiger partial charge in [-0.25, -0.2) is 9.97 Å². The number of benzene rings is 2. The Morgan fingerprint density at radius 1 is 1.07 bits per heavy atom. The number of carbonyl (C=O) groups excluding carboxylic acids is 1. The van der Waals surface area contributed by atoms with E-state index >= 15 is 0 Å². The minimum Gasteiger partial charge on any atom is -0.338 e. The third kappa shape index (κ3) is 5.37. The van der Waals surface area contributed by atoms with Gasteiger partial charge in [0.2, 0.25) is 11.9 Å². The van der Waals surface area contributed by atoms with Crippen molar-refractivity contribution in [2.75, 3.05) is 42.9 Å². The van der Waals surface area contributed by atoms with Crippen molar-refractivity contribution in [1.29, 1.82) is 0 Å². The normalized spacial score (nSPS) is 13.3. The first-order valence-electron chi connectivity index (χ1n) is 9.57. The van der Waals surface area contributed by atoms with Gasteiger partial charge in [0.25, 0.3) is 0 Å². The van der Waals surface area contributed by atoms with Gasteiger partial charge in [-0.2, -0.15) is 0 Å². The van der Waals surface area contributed by atoms with Gasteiger partial charge < -0.3 is 21.3 Å². The summed E-state index contributed by atoms with van der Waals surface area (Å²) in [5.74, 6) is 0.647. The molecule has 1 fully saturated rings. The Hall–Kier alpha value is -2.45. The molecule has 0 unspecified atom stereocenters. The fourth-order valence-corrected chi connectivity index (χ4v) is 3.37. The molecule has 1 amide bonds. The van der Waals surface area contributed by atoms with Gasteiger partial charge >= 0.3 is 0 Å². The first kappa shape index (κ1) is 23.8. The lowest BCUT2D eigenvalue weighted by Crippen LogP contribution is -2.44. The maximum atomic E-state index is 11.9. The van der Waals surface area contributed by atoms with E-state index in [4.69, 9.17) is 15.7 Å². The molecule has 0 spiro atoms. The molecule has 7 nitrogen and oxygen atoms in total. The predicted octanol–water partition coefficient (Wildman–Crippen LogP) is 2.84. The molecule has 30 heavy (non-hydrogen) atoms. The first-order valence-corrected chi connectivity index (χ1v) is 9.57. The molecule has 4 N–H and O–H groups in total. The molecule has 1 aromatic heterocycles. The molecule has 1 saturated heterocycles. The number of hydrogen-bond acceptors (Lipinski definition) is 6. The Bertz CT molecular complexity index is 980. The van der Waals surface area contributed by atoms with E-state index in [1.807, 2.05) is 48.5 Å². The van der Waals surface area contributed by atoms with Crippen LogP contribution in [0.1, 0.15) is 6.42 Å². The average molecular weight is 449 g/mol. The van der Waals surface area contributed by atoms with E-state index in [-0.39, 0.29) is 30.7 Å². The predicted molar refractivity (Wildman–Crippen MR) is 127 cm³/mol. The van der Waals surface area contributed by atoms with E-state index in [0.29, 0.717) is 13.0 Å². The first-order chi connectivity index (χ1) is 13.7. The van der Waals surface area contributed by atoms with Crippen LogP contribution >= 0.6 is 24.8 Å². The molecule has 0 radical (unpaired) electrons. The topological polar surface area (TPSA) is 96.2 Å². The van der Waals surface area contributed by atoms with Gasteiger partial charge in [-0.05, 0) is 18.2 Å². The highest BCUT2D eigenvalue weighted by atomic mass is 35.5. The number of nitrogens with two attached hydrogens (primary N) is 1. The minimum atomic E-state index is -0.0959. The van der Waals surface area contributed by atoms with Crippen LogP contribution in [0.15, 0.2) is 48.5 Å². The van der Waals surface area contributed by atoms with Gasteiger partial charge in [0.1, 0.15) is 0 Å². The molecule has 3 aromatic rings. The number of anilines is 2. The molecule has 4 rings (SSSR count). The standard InChI is InChI=1S/C21H24N6O.2ClH/c22-9-8-19(28)24-16-6-7-18-17(14-16)20(15-4-2-1-3-5-15)26-21(25-18)27-12-10-23-11-13-27;;/h1-7,14,23H,8-13,22H2,(H,24,28);2*1H. The Morgan fingerprint density at radius 2 is 1.80 bits per heavy atom. The molecule has 1 aliphatic heterocycles. The fraction of sp³-hybridized carbons (Fsp3) is 0.286. The van der Waals surface area contributed by atoms with Gasteiger partial charge in [0.05, 0.1) is 11.2 Å². The lowest BCUT2D eigenvalue weighted by atomic mass is 10.1. The lowest BCUT2D eigenvalue weighted by molar-refractivity contribution is -0.116. The van der Waals surface area contributed by atoms with Gasteiger partial charge in [-0.1, -0.05) is 30.3 Å². The summed E-state index contributed by atoms with van der Waals surface area (Å²) in [5.41, 5.74) is 8.95. The zero-order valence-electron chi connectivity index (χ0n) is 16.5. The zero-order chi connectivity index (χ0) is 19.3. The highest BCUT2D eigenvalue weighted by molar-refractivity contribution is 5.98. The summed E-state index contributed by atoms with van der Waals surface area (Å²) in [6.07, 6.45) is 0.294. The van der Waals surface area contributed by atoms with Crippen LogP contribution in [0.4, 0.5) is 11.6 Å². The second-order valence-electron chi connectivity index (χ2n) is 6.79. The third-order valence-electron chi connectivity index (χ3n) is 4.79. The van der Waals surface area contributed by atoms with Crippen LogP contribution in [0.3, 0.4) is 0 Å². The summed E-state index contributed by atoms with van der Waals surface area (Å²) in [7, 11) is 0. The van der Waals surface area contributed by atoms with Crippen LogP contribution in [0.2, 0.25) is 0 Å². The molecular weight excluding hydrogens is 423 g/mol. The highest BCUT2D eigenvalue weighted by Crippen LogP contribution is 2.30. The van der Waals surface area contributed by atoms with E-state index in [2.05, 4.69) is 15.5 Å². The fourth-order valence-electron chi connectivity index (χ4n) is 3.37. The number of nitrogens with one attached hydrogen (secondary N) is 2. The number of hydrogen-bond donors (Lipinski definition) is 3. The molecule has 2 heterocycles. The highest BCUT2D eigenvalue weighted by Gasteiger charge is 2.17.